The van der Waals surface area contributed by atoms with Crippen LogP contribution in [0, 0.1) is 0 Å². The van der Waals surface area contributed by atoms with Gasteiger partial charge in [0.15, 0.2) is 0 Å². The van der Waals surface area contributed by atoms with Gasteiger partial charge in [0.2, 0.25) is 0 Å². The molecule has 0 radical (unpaired) electrons. The van der Waals surface area contributed by atoms with E-state index in [9.17, 15) is 4.79 Å². The zero-order valence-electron chi connectivity index (χ0n) is 12.7. The molecule has 118 valence electrons. The van der Waals surface area contributed by atoms with Crippen molar-refractivity contribution >= 4 is 16.9 Å². The fourth-order valence-electron chi connectivity index (χ4n) is 2.28. The second-order valence-corrected chi connectivity index (χ2v) is 5.13. The number of amides is 1. The number of fused-ring (bicyclic) bond motifs is 1. The molecule has 0 bridgehead atoms. The van der Waals surface area contributed by atoms with E-state index in [1.54, 1.807) is 23.7 Å². The van der Waals surface area contributed by atoms with Gasteiger partial charge in [0.1, 0.15) is 11.6 Å². The number of rotatable bonds is 5. The van der Waals surface area contributed by atoms with Gasteiger partial charge in [0.05, 0.1) is 17.6 Å². The van der Waals surface area contributed by atoms with Crippen LogP contribution in [0.4, 0.5) is 0 Å². The van der Waals surface area contributed by atoms with Crippen molar-refractivity contribution in [1.82, 2.24) is 15.4 Å². The van der Waals surface area contributed by atoms with Crippen LogP contribution in [-0.2, 0) is 0 Å². The predicted octanol–water partition coefficient (Wildman–Crippen LogP) is 3.14. The van der Waals surface area contributed by atoms with E-state index in [0.717, 1.165) is 28.8 Å². The number of carbonyl (C=O) groups excluding carboxylic acids is 1. The third kappa shape index (κ3) is 3.17. The van der Waals surface area contributed by atoms with Crippen LogP contribution in [0.1, 0.15) is 23.7 Å². The molecule has 0 atom stereocenters. The first-order chi connectivity index (χ1) is 11.2. The molecular weight excluding hydrogens is 294 g/mol. The highest BCUT2D eigenvalue weighted by Gasteiger charge is 2.09. The molecule has 3 aromatic rings. The lowest BCUT2D eigenvalue weighted by atomic mass is 10.2. The number of ether oxygens (including phenoxy) is 1. The SMILES string of the molecule is CCCOc1ccc(-c2nc3ccc(C(=O)NO)cc3[nH]2)cc1. The molecular formula is C17H17N3O3. The molecule has 1 heterocycles. The van der Waals surface area contributed by atoms with E-state index in [1.807, 2.05) is 24.3 Å². The van der Waals surface area contributed by atoms with Crippen molar-refractivity contribution in [3.63, 3.8) is 0 Å². The van der Waals surface area contributed by atoms with Crippen LogP contribution in [0.2, 0.25) is 0 Å². The summed E-state index contributed by atoms with van der Waals surface area (Å²) >= 11 is 0. The second kappa shape index (κ2) is 6.50. The van der Waals surface area contributed by atoms with Crippen molar-refractivity contribution in [3.8, 4) is 17.1 Å². The summed E-state index contributed by atoms with van der Waals surface area (Å²) in [6, 6.07) is 12.7. The first-order valence-corrected chi connectivity index (χ1v) is 7.38. The predicted molar refractivity (Wildman–Crippen MR) is 86.6 cm³/mol. The maximum atomic E-state index is 11.4. The molecule has 2 aromatic carbocycles. The zero-order chi connectivity index (χ0) is 16.2. The molecule has 0 saturated heterocycles. The van der Waals surface area contributed by atoms with E-state index in [4.69, 9.17) is 9.94 Å². The Morgan fingerprint density at radius 1 is 1.26 bits per heavy atom. The van der Waals surface area contributed by atoms with E-state index in [-0.39, 0.29) is 0 Å². The smallest absolute Gasteiger partial charge is 0.274 e. The number of hydrogen-bond acceptors (Lipinski definition) is 4. The quantitative estimate of drug-likeness (QED) is 0.499. The Morgan fingerprint density at radius 2 is 2.04 bits per heavy atom. The Bertz CT molecular complexity index is 825. The lowest BCUT2D eigenvalue weighted by molar-refractivity contribution is 0.0706. The Hall–Kier alpha value is -2.86. The molecule has 3 rings (SSSR count). The van der Waals surface area contributed by atoms with E-state index < -0.39 is 5.91 Å². The van der Waals surface area contributed by atoms with Crippen LogP contribution in [-0.4, -0.2) is 27.7 Å². The van der Waals surface area contributed by atoms with Crippen LogP contribution >= 0.6 is 0 Å². The first-order valence-electron chi connectivity index (χ1n) is 7.38. The van der Waals surface area contributed by atoms with Gasteiger partial charge in [-0.1, -0.05) is 6.92 Å². The number of aromatic nitrogens is 2. The summed E-state index contributed by atoms with van der Waals surface area (Å²) < 4.78 is 5.56. The minimum absolute atomic E-state index is 0.360. The van der Waals surface area contributed by atoms with Crippen LogP contribution in [0.25, 0.3) is 22.4 Å². The first kappa shape index (κ1) is 15.1. The third-order valence-electron chi connectivity index (χ3n) is 3.45. The number of hydroxylamine groups is 1. The Labute approximate surface area is 133 Å². The number of imidazole rings is 1. The molecule has 0 aliphatic rings. The minimum Gasteiger partial charge on any atom is -0.494 e. The van der Waals surface area contributed by atoms with E-state index >= 15 is 0 Å². The molecule has 23 heavy (non-hydrogen) atoms. The molecule has 1 amide bonds. The highest BCUT2D eigenvalue weighted by Crippen LogP contribution is 2.23. The van der Waals surface area contributed by atoms with E-state index in [2.05, 4.69) is 16.9 Å². The number of carbonyl (C=O) groups is 1. The molecule has 0 saturated carbocycles. The summed E-state index contributed by atoms with van der Waals surface area (Å²) in [6.45, 7) is 2.76. The fourth-order valence-corrected chi connectivity index (χ4v) is 2.28. The summed E-state index contributed by atoms with van der Waals surface area (Å²) in [6.07, 6.45) is 0.967. The van der Waals surface area contributed by atoms with Crippen molar-refractivity contribution in [2.24, 2.45) is 0 Å². The summed E-state index contributed by atoms with van der Waals surface area (Å²) in [5.41, 5.74) is 4.39. The molecule has 6 nitrogen and oxygen atoms in total. The Balaban J connectivity index is 1.89. The molecule has 0 spiro atoms. The topological polar surface area (TPSA) is 87.2 Å². The minimum atomic E-state index is -0.555. The van der Waals surface area contributed by atoms with Crippen LogP contribution < -0.4 is 10.2 Å². The van der Waals surface area contributed by atoms with E-state index in [0.29, 0.717) is 18.0 Å². The maximum Gasteiger partial charge on any atom is 0.274 e. The van der Waals surface area contributed by atoms with Gasteiger partial charge in [-0.3, -0.25) is 10.0 Å². The van der Waals surface area contributed by atoms with Crippen LogP contribution in [0.5, 0.6) is 5.75 Å². The summed E-state index contributed by atoms with van der Waals surface area (Å²) in [4.78, 5) is 19.1. The zero-order valence-corrected chi connectivity index (χ0v) is 12.7. The number of nitrogens with one attached hydrogen (secondary N) is 2. The molecule has 0 fully saturated rings. The number of hydrogen-bond donors (Lipinski definition) is 3. The Morgan fingerprint density at radius 3 is 2.74 bits per heavy atom. The number of nitrogens with zero attached hydrogens (tertiary/aromatic N) is 1. The summed E-state index contributed by atoms with van der Waals surface area (Å²) in [5.74, 6) is 0.984. The molecule has 0 aliphatic heterocycles. The van der Waals surface area contributed by atoms with Crippen molar-refractivity contribution in [3.05, 3.63) is 48.0 Å². The average molecular weight is 311 g/mol. The largest absolute Gasteiger partial charge is 0.494 e. The number of benzene rings is 2. The monoisotopic (exact) mass is 311 g/mol. The van der Waals surface area contributed by atoms with Gasteiger partial charge in [0.25, 0.3) is 5.91 Å². The number of aromatic amines is 1. The van der Waals surface area contributed by atoms with Gasteiger partial charge >= 0.3 is 0 Å². The van der Waals surface area contributed by atoms with Gasteiger partial charge in [-0.15, -0.1) is 0 Å². The molecule has 0 unspecified atom stereocenters. The standard InChI is InChI=1S/C17H17N3O3/c1-2-9-23-13-6-3-11(4-7-13)16-18-14-8-5-12(17(21)20-22)10-15(14)19-16/h3-8,10,22H,2,9H2,1H3,(H,18,19)(H,20,21). The molecule has 0 aliphatic carbocycles. The average Bonchev–Trinajstić information content (AvgIpc) is 3.02. The Kier molecular flexibility index (Phi) is 4.25. The van der Waals surface area contributed by atoms with Crippen molar-refractivity contribution in [2.45, 2.75) is 13.3 Å². The van der Waals surface area contributed by atoms with Gasteiger partial charge in [-0.05, 0) is 48.9 Å². The van der Waals surface area contributed by atoms with E-state index in [1.165, 1.54) is 0 Å². The normalized spacial score (nSPS) is 10.7. The van der Waals surface area contributed by atoms with Crippen LogP contribution in [0.3, 0.4) is 0 Å². The summed E-state index contributed by atoms with van der Waals surface area (Å²) in [7, 11) is 0. The van der Waals surface area contributed by atoms with Gasteiger partial charge in [0, 0.05) is 11.1 Å². The number of H-pyrrole nitrogens is 1. The summed E-state index contributed by atoms with van der Waals surface area (Å²) in [5, 5.41) is 8.69. The third-order valence-corrected chi connectivity index (χ3v) is 3.45. The lowest BCUT2D eigenvalue weighted by Crippen LogP contribution is -2.18. The maximum absolute atomic E-state index is 11.4. The van der Waals surface area contributed by atoms with Gasteiger partial charge < -0.3 is 9.72 Å². The molecule has 3 N–H and O–H groups in total. The molecule has 6 heteroatoms. The second-order valence-electron chi connectivity index (χ2n) is 5.13. The van der Waals surface area contributed by atoms with Crippen molar-refractivity contribution < 1.29 is 14.7 Å². The highest BCUT2D eigenvalue weighted by molar-refractivity contribution is 5.97. The van der Waals surface area contributed by atoms with Crippen LogP contribution in [0.15, 0.2) is 42.5 Å². The van der Waals surface area contributed by atoms with Crippen molar-refractivity contribution in [1.29, 1.82) is 0 Å². The highest BCUT2D eigenvalue weighted by atomic mass is 16.5. The fraction of sp³-hybridized carbons (Fsp3) is 0.176. The van der Waals surface area contributed by atoms with Gasteiger partial charge in [-0.25, -0.2) is 10.5 Å². The molecule has 1 aromatic heterocycles. The van der Waals surface area contributed by atoms with Gasteiger partial charge in [-0.2, -0.15) is 0 Å². The van der Waals surface area contributed by atoms with Crippen molar-refractivity contribution in [2.75, 3.05) is 6.61 Å². The lowest BCUT2D eigenvalue weighted by Gasteiger charge is -2.04.